The molecule has 3 nitrogen and oxygen atoms in total. The van der Waals surface area contributed by atoms with Crippen molar-refractivity contribution in [3.63, 3.8) is 0 Å². The van der Waals surface area contributed by atoms with E-state index in [9.17, 15) is 13.6 Å². The van der Waals surface area contributed by atoms with E-state index in [1.165, 1.54) is 11.6 Å². The van der Waals surface area contributed by atoms with Gasteiger partial charge in [-0.3, -0.25) is 4.79 Å². The molecule has 162 valence electrons. The predicted octanol–water partition coefficient (Wildman–Crippen LogP) is 5.08. The Bertz CT molecular complexity index is 1150. The molecule has 3 atom stereocenters. The van der Waals surface area contributed by atoms with Crippen molar-refractivity contribution in [2.24, 2.45) is 0 Å². The minimum absolute atomic E-state index is 0.0136. The Labute approximate surface area is 186 Å². The number of nitrogens with one attached hydrogen (secondary N) is 1. The minimum Gasteiger partial charge on any atom is -0.326 e. The van der Waals surface area contributed by atoms with Crippen LogP contribution in [0.2, 0.25) is 0 Å². The van der Waals surface area contributed by atoms with Crippen LogP contribution >= 0.6 is 0 Å². The summed E-state index contributed by atoms with van der Waals surface area (Å²) in [5.74, 6) is -0.718. The average molecular weight is 430 g/mol. The first-order valence-electron chi connectivity index (χ1n) is 10.9. The Kier molecular flexibility index (Phi) is 5.58. The van der Waals surface area contributed by atoms with Crippen LogP contribution in [-0.2, 0) is 4.79 Å². The average Bonchev–Trinajstić information content (AvgIpc) is 3.50. The number of benzene rings is 3. The first-order valence-corrected chi connectivity index (χ1v) is 10.9. The summed E-state index contributed by atoms with van der Waals surface area (Å²) in [5.41, 5.74) is 3.01. The zero-order valence-corrected chi connectivity index (χ0v) is 17.5. The third kappa shape index (κ3) is 3.96. The molecule has 0 aliphatic carbocycles. The molecule has 3 aromatic carbocycles. The van der Waals surface area contributed by atoms with E-state index in [1.54, 1.807) is 4.90 Å². The molecule has 32 heavy (non-hydrogen) atoms. The lowest BCUT2D eigenvalue weighted by molar-refractivity contribution is -0.133. The molecular formula is C27H24F2N2O. The number of carbonyl (C=O) groups is 1. The van der Waals surface area contributed by atoms with E-state index in [-0.39, 0.29) is 36.0 Å². The fraction of sp³-hybridized carbons (Fsp3) is 0.222. The van der Waals surface area contributed by atoms with Crippen molar-refractivity contribution in [2.75, 3.05) is 13.1 Å². The van der Waals surface area contributed by atoms with Gasteiger partial charge in [0.05, 0.1) is 12.1 Å². The van der Waals surface area contributed by atoms with Gasteiger partial charge in [0.15, 0.2) is 0 Å². The minimum atomic E-state index is -0.494. The van der Waals surface area contributed by atoms with Gasteiger partial charge in [-0.2, -0.15) is 0 Å². The number of nitrogens with zero attached hydrogens (tertiary/aromatic N) is 1. The fourth-order valence-corrected chi connectivity index (χ4v) is 4.78. The molecule has 1 N–H and O–H groups in total. The second-order valence-electron chi connectivity index (χ2n) is 8.44. The number of hydrogen-bond acceptors (Lipinski definition) is 2. The molecule has 3 aromatic rings. The van der Waals surface area contributed by atoms with Gasteiger partial charge in [0.1, 0.15) is 11.6 Å². The summed E-state index contributed by atoms with van der Waals surface area (Å²) in [6, 6.07) is 22.7. The topological polar surface area (TPSA) is 32.3 Å². The normalized spacial score (nSPS) is 22.8. The first-order chi connectivity index (χ1) is 15.6. The van der Waals surface area contributed by atoms with Gasteiger partial charge in [-0.25, -0.2) is 8.78 Å². The van der Waals surface area contributed by atoms with Crippen molar-refractivity contribution in [1.82, 2.24) is 10.2 Å². The Balaban J connectivity index is 1.42. The highest BCUT2D eigenvalue weighted by molar-refractivity contribution is 5.87. The molecule has 2 unspecified atom stereocenters. The van der Waals surface area contributed by atoms with Crippen LogP contribution < -0.4 is 5.32 Å². The summed E-state index contributed by atoms with van der Waals surface area (Å²) in [6.07, 6.45) is 2.60. The van der Waals surface area contributed by atoms with Crippen LogP contribution in [0.5, 0.6) is 0 Å². The molecule has 0 saturated carbocycles. The van der Waals surface area contributed by atoms with E-state index in [0.29, 0.717) is 12.0 Å². The standard InChI is InChI=1S/C27H24F2N2O/c28-22-11-12-24(29)23(15-22)21-14-26(19-9-5-2-6-10-19)31(17-21)27(32)25-13-20(16-30-25)18-7-3-1-4-8-18/h1-12,14-15,20,25-26,30H,13,16-17H2/t20-,25?,26?/m1/s1. The Morgan fingerprint density at radius 3 is 2.31 bits per heavy atom. The quantitative estimate of drug-likeness (QED) is 0.626. The molecule has 1 saturated heterocycles. The van der Waals surface area contributed by atoms with E-state index in [1.807, 2.05) is 54.6 Å². The van der Waals surface area contributed by atoms with Crippen LogP contribution in [-0.4, -0.2) is 29.9 Å². The Morgan fingerprint density at radius 1 is 0.906 bits per heavy atom. The maximum absolute atomic E-state index is 14.5. The lowest BCUT2D eigenvalue weighted by Gasteiger charge is -2.28. The first kappa shape index (κ1) is 20.6. The smallest absolute Gasteiger partial charge is 0.240 e. The third-order valence-electron chi connectivity index (χ3n) is 6.43. The molecule has 1 fully saturated rings. The van der Waals surface area contributed by atoms with E-state index in [4.69, 9.17) is 0 Å². The molecule has 0 radical (unpaired) electrons. The van der Waals surface area contributed by atoms with Crippen LogP contribution in [0.25, 0.3) is 5.57 Å². The van der Waals surface area contributed by atoms with Gasteiger partial charge in [-0.1, -0.05) is 66.7 Å². The van der Waals surface area contributed by atoms with Crippen molar-refractivity contribution in [1.29, 1.82) is 0 Å². The monoisotopic (exact) mass is 430 g/mol. The summed E-state index contributed by atoms with van der Waals surface area (Å²) in [7, 11) is 0. The highest BCUT2D eigenvalue weighted by atomic mass is 19.1. The second kappa shape index (κ2) is 8.67. The van der Waals surface area contributed by atoms with Crippen molar-refractivity contribution in [2.45, 2.75) is 24.4 Å². The van der Waals surface area contributed by atoms with Crippen LogP contribution in [0.15, 0.2) is 84.9 Å². The van der Waals surface area contributed by atoms with E-state index >= 15 is 0 Å². The molecule has 1 amide bonds. The summed E-state index contributed by atoms with van der Waals surface area (Å²) in [5, 5.41) is 3.38. The zero-order chi connectivity index (χ0) is 22.1. The highest BCUT2D eigenvalue weighted by Crippen LogP contribution is 2.37. The lowest BCUT2D eigenvalue weighted by atomic mass is 9.96. The highest BCUT2D eigenvalue weighted by Gasteiger charge is 2.38. The van der Waals surface area contributed by atoms with Crippen LogP contribution in [0.1, 0.15) is 35.1 Å². The van der Waals surface area contributed by atoms with E-state index in [0.717, 1.165) is 24.2 Å². The molecule has 5 heteroatoms. The fourth-order valence-electron chi connectivity index (χ4n) is 4.78. The zero-order valence-electron chi connectivity index (χ0n) is 17.5. The molecule has 5 rings (SSSR count). The molecule has 2 aliphatic heterocycles. The van der Waals surface area contributed by atoms with E-state index in [2.05, 4.69) is 17.4 Å². The number of hydrogen-bond donors (Lipinski definition) is 1. The van der Waals surface area contributed by atoms with Crippen LogP contribution in [0, 0.1) is 11.6 Å². The Morgan fingerprint density at radius 2 is 1.59 bits per heavy atom. The summed E-state index contributed by atoms with van der Waals surface area (Å²) >= 11 is 0. The lowest BCUT2D eigenvalue weighted by Crippen LogP contribution is -2.43. The van der Waals surface area contributed by atoms with Crippen molar-refractivity contribution in [3.05, 3.63) is 113 Å². The summed E-state index contributed by atoms with van der Waals surface area (Å²) < 4.78 is 28.3. The molecule has 2 aliphatic rings. The summed E-state index contributed by atoms with van der Waals surface area (Å²) in [4.78, 5) is 15.4. The van der Waals surface area contributed by atoms with Gasteiger partial charge >= 0.3 is 0 Å². The van der Waals surface area contributed by atoms with Crippen LogP contribution in [0.4, 0.5) is 8.78 Å². The predicted molar refractivity (Wildman–Crippen MR) is 121 cm³/mol. The van der Waals surface area contributed by atoms with Crippen molar-refractivity contribution in [3.8, 4) is 0 Å². The third-order valence-corrected chi connectivity index (χ3v) is 6.43. The van der Waals surface area contributed by atoms with Gasteiger partial charge in [-0.15, -0.1) is 0 Å². The molecular weight excluding hydrogens is 406 g/mol. The Hall–Kier alpha value is -3.31. The largest absolute Gasteiger partial charge is 0.326 e. The van der Waals surface area contributed by atoms with E-state index < -0.39 is 11.6 Å². The SMILES string of the molecule is O=C(C1C[C@@H](c2ccccc2)CN1)N1CC(c2cc(F)ccc2F)=CC1c1ccccc1. The molecule has 0 spiro atoms. The molecule has 0 bridgehead atoms. The van der Waals surface area contributed by atoms with Gasteiger partial charge in [0.25, 0.3) is 0 Å². The summed E-state index contributed by atoms with van der Waals surface area (Å²) in [6.45, 7) is 0.982. The number of carbonyl (C=O) groups excluding carboxylic acids is 1. The maximum atomic E-state index is 14.5. The molecule has 2 heterocycles. The van der Waals surface area contributed by atoms with Crippen molar-refractivity contribution < 1.29 is 13.6 Å². The molecule has 0 aromatic heterocycles. The van der Waals surface area contributed by atoms with Gasteiger partial charge in [0, 0.05) is 18.7 Å². The van der Waals surface area contributed by atoms with Crippen LogP contribution in [0.3, 0.4) is 0 Å². The number of halogens is 2. The number of rotatable bonds is 4. The number of amides is 1. The van der Waals surface area contributed by atoms with Gasteiger partial charge in [-0.05, 0) is 47.2 Å². The van der Waals surface area contributed by atoms with Crippen molar-refractivity contribution >= 4 is 11.5 Å². The maximum Gasteiger partial charge on any atom is 0.240 e. The van der Waals surface area contributed by atoms with Gasteiger partial charge in [0.2, 0.25) is 5.91 Å². The second-order valence-corrected chi connectivity index (χ2v) is 8.44. The van der Waals surface area contributed by atoms with Gasteiger partial charge < -0.3 is 10.2 Å².